The van der Waals surface area contributed by atoms with Crippen molar-refractivity contribution in [2.45, 2.75) is 13.0 Å². The summed E-state index contributed by atoms with van der Waals surface area (Å²) < 4.78 is 5.14. The number of carbonyl (C=O) groups excluding carboxylic acids is 1. The molecule has 0 N–H and O–H groups in total. The van der Waals surface area contributed by atoms with Crippen LogP contribution in [0.2, 0.25) is 0 Å². The van der Waals surface area contributed by atoms with E-state index in [1.165, 1.54) is 11.0 Å². The van der Waals surface area contributed by atoms with Gasteiger partial charge in [-0.1, -0.05) is 6.07 Å². The number of hydrogen-bond donors (Lipinski definition) is 0. The third-order valence-corrected chi connectivity index (χ3v) is 3.86. The van der Waals surface area contributed by atoms with Crippen molar-refractivity contribution in [3.63, 3.8) is 0 Å². The van der Waals surface area contributed by atoms with Gasteiger partial charge in [-0.2, -0.15) is 0 Å². The molecule has 2 aromatic rings. The highest BCUT2D eigenvalue weighted by atomic mass is 32.1. The van der Waals surface area contributed by atoms with Crippen LogP contribution in [0.4, 0.5) is 0 Å². The van der Waals surface area contributed by atoms with Gasteiger partial charge in [0.2, 0.25) is 5.91 Å². The summed E-state index contributed by atoms with van der Waals surface area (Å²) in [6.45, 7) is 2.02. The number of likely N-dealkylation sites (N-methyl/N-ethyl adjacent to an activating group) is 1. The SMILES string of the molecule is C[C@H](c1cccs1)N(C)C(=O)/C=C/c1ccco1. The molecule has 0 aliphatic carbocycles. The largest absolute Gasteiger partial charge is 0.465 e. The second-order valence-electron chi connectivity index (χ2n) is 3.99. The third-order valence-electron chi connectivity index (χ3n) is 2.82. The maximum atomic E-state index is 12.0. The molecule has 18 heavy (non-hydrogen) atoms. The molecule has 0 unspecified atom stereocenters. The third kappa shape index (κ3) is 2.90. The quantitative estimate of drug-likeness (QED) is 0.788. The molecular formula is C14H15NO2S. The van der Waals surface area contributed by atoms with Crippen LogP contribution in [-0.2, 0) is 4.79 Å². The number of nitrogens with zero attached hydrogens (tertiary/aromatic N) is 1. The lowest BCUT2D eigenvalue weighted by molar-refractivity contribution is -0.126. The van der Waals surface area contributed by atoms with Gasteiger partial charge in [-0.3, -0.25) is 4.79 Å². The molecule has 0 bridgehead atoms. The summed E-state index contributed by atoms with van der Waals surface area (Å²) in [7, 11) is 1.80. The van der Waals surface area contributed by atoms with Crippen LogP contribution in [0.3, 0.4) is 0 Å². The van der Waals surface area contributed by atoms with E-state index in [2.05, 4.69) is 0 Å². The molecule has 0 aromatic carbocycles. The summed E-state index contributed by atoms with van der Waals surface area (Å²) in [5.74, 6) is 0.646. The lowest BCUT2D eigenvalue weighted by Gasteiger charge is -2.22. The van der Waals surface area contributed by atoms with Crippen LogP contribution in [0.25, 0.3) is 6.08 Å². The minimum atomic E-state index is -0.0349. The van der Waals surface area contributed by atoms with Gasteiger partial charge in [0.25, 0.3) is 0 Å². The second kappa shape index (κ2) is 5.69. The predicted octanol–water partition coefficient (Wildman–Crippen LogP) is 3.57. The molecule has 2 heterocycles. The van der Waals surface area contributed by atoms with Gasteiger partial charge in [0, 0.05) is 18.0 Å². The van der Waals surface area contributed by atoms with Crippen LogP contribution in [-0.4, -0.2) is 17.9 Å². The van der Waals surface area contributed by atoms with Gasteiger partial charge in [-0.25, -0.2) is 0 Å². The summed E-state index contributed by atoms with van der Waals surface area (Å²) in [4.78, 5) is 14.9. The normalized spacial score (nSPS) is 12.8. The van der Waals surface area contributed by atoms with Gasteiger partial charge in [-0.05, 0) is 36.6 Å². The van der Waals surface area contributed by atoms with Gasteiger partial charge < -0.3 is 9.32 Å². The summed E-state index contributed by atoms with van der Waals surface area (Å²) >= 11 is 1.66. The highest BCUT2D eigenvalue weighted by Crippen LogP contribution is 2.23. The van der Waals surface area contributed by atoms with E-state index in [1.54, 1.807) is 41.7 Å². The molecule has 2 rings (SSSR count). The molecule has 0 saturated heterocycles. The van der Waals surface area contributed by atoms with Crippen LogP contribution in [0.15, 0.2) is 46.4 Å². The fourth-order valence-electron chi connectivity index (χ4n) is 1.57. The van der Waals surface area contributed by atoms with Crippen molar-refractivity contribution in [2.24, 2.45) is 0 Å². The van der Waals surface area contributed by atoms with E-state index < -0.39 is 0 Å². The zero-order valence-corrected chi connectivity index (χ0v) is 11.2. The predicted molar refractivity (Wildman–Crippen MR) is 73.2 cm³/mol. The van der Waals surface area contributed by atoms with E-state index in [0.29, 0.717) is 5.76 Å². The van der Waals surface area contributed by atoms with Gasteiger partial charge in [0.1, 0.15) is 5.76 Å². The smallest absolute Gasteiger partial charge is 0.246 e. The number of amides is 1. The number of rotatable bonds is 4. The van der Waals surface area contributed by atoms with Crippen molar-refractivity contribution in [1.29, 1.82) is 0 Å². The maximum Gasteiger partial charge on any atom is 0.246 e. The first-order valence-electron chi connectivity index (χ1n) is 5.70. The van der Waals surface area contributed by atoms with Crippen molar-refractivity contribution in [3.05, 3.63) is 52.6 Å². The van der Waals surface area contributed by atoms with E-state index in [4.69, 9.17) is 4.42 Å². The molecule has 94 valence electrons. The molecule has 0 fully saturated rings. The number of thiophene rings is 1. The molecule has 1 amide bonds. The summed E-state index contributed by atoms with van der Waals surface area (Å²) in [6, 6.07) is 7.72. The lowest BCUT2D eigenvalue weighted by Crippen LogP contribution is -2.27. The Morgan fingerprint density at radius 3 is 2.89 bits per heavy atom. The Bertz CT molecular complexity index is 514. The zero-order chi connectivity index (χ0) is 13.0. The fraction of sp³-hybridized carbons (Fsp3) is 0.214. The molecule has 2 aromatic heterocycles. The van der Waals surface area contributed by atoms with Gasteiger partial charge in [-0.15, -0.1) is 11.3 Å². The van der Waals surface area contributed by atoms with E-state index in [9.17, 15) is 4.79 Å². The lowest BCUT2D eigenvalue weighted by atomic mass is 10.2. The molecule has 0 aliphatic heterocycles. The van der Waals surface area contributed by atoms with Crippen LogP contribution in [0.1, 0.15) is 23.6 Å². The zero-order valence-electron chi connectivity index (χ0n) is 10.4. The van der Waals surface area contributed by atoms with Gasteiger partial charge in [0.05, 0.1) is 12.3 Å². The van der Waals surface area contributed by atoms with Crippen LogP contribution in [0.5, 0.6) is 0 Å². The minimum Gasteiger partial charge on any atom is -0.465 e. The number of carbonyl (C=O) groups is 1. The maximum absolute atomic E-state index is 12.0. The van der Waals surface area contributed by atoms with Crippen LogP contribution in [0, 0.1) is 0 Å². The second-order valence-corrected chi connectivity index (χ2v) is 4.97. The molecule has 0 spiro atoms. The molecule has 3 nitrogen and oxygen atoms in total. The highest BCUT2D eigenvalue weighted by Gasteiger charge is 2.15. The number of hydrogen-bond acceptors (Lipinski definition) is 3. The molecule has 0 aliphatic rings. The van der Waals surface area contributed by atoms with E-state index in [1.807, 2.05) is 30.5 Å². The first-order valence-corrected chi connectivity index (χ1v) is 6.58. The Morgan fingerprint density at radius 2 is 2.28 bits per heavy atom. The van der Waals surface area contributed by atoms with E-state index in [0.717, 1.165) is 0 Å². The van der Waals surface area contributed by atoms with Gasteiger partial charge in [0.15, 0.2) is 0 Å². The minimum absolute atomic E-state index is 0.0349. The van der Waals surface area contributed by atoms with Crippen molar-refractivity contribution >= 4 is 23.3 Å². The first-order chi connectivity index (χ1) is 8.68. The molecule has 0 radical (unpaired) electrons. The summed E-state index contributed by atoms with van der Waals surface area (Å²) in [5.41, 5.74) is 0. The van der Waals surface area contributed by atoms with E-state index >= 15 is 0 Å². The monoisotopic (exact) mass is 261 g/mol. The Labute approximate surface area is 110 Å². The Kier molecular flexibility index (Phi) is 3.99. The molecule has 1 atom stereocenters. The van der Waals surface area contributed by atoms with Crippen LogP contribution < -0.4 is 0 Å². The van der Waals surface area contributed by atoms with Crippen LogP contribution >= 0.6 is 11.3 Å². The molecule has 4 heteroatoms. The Morgan fingerprint density at radius 1 is 1.44 bits per heavy atom. The Hall–Kier alpha value is -1.81. The van der Waals surface area contributed by atoms with Gasteiger partial charge >= 0.3 is 0 Å². The molecule has 0 saturated carbocycles. The summed E-state index contributed by atoms with van der Waals surface area (Å²) in [6.07, 6.45) is 4.80. The van der Waals surface area contributed by atoms with Crippen molar-refractivity contribution in [2.75, 3.05) is 7.05 Å². The Balaban J connectivity index is 2.01. The van der Waals surface area contributed by atoms with Crippen molar-refractivity contribution in [1.82, 2.24) is 4.90 Å². The standard InChI is InChI=1S/C14H15NO2S/c1-11(13-6-4-10-18-13)15(2)14(16)8-7-12-5-3-9-17-12/h3-11H,1-2H3/b8-7+/t11-/m1/s1. The summed E-state index contributed by atoms with van der Waals surface area (Å²) in [5, 5.41) is 2.02. The molecular weight excluding hydrogens is 246 g/mol. The average Bonchev–Trinajstić information content (AvgIpc) is 3.06. The van der Waals surface area contributed by atoms with E-state index in [-0.39, 0.29) is 11.9 Å². The topological polar surface area (TPSA) is 33.5 Å². The highest BCUT2D eigenvalue weighted by molar-refractivity contribution is 7.10. The van der Waals surface area contributed by atoms with Crippen molar-refractivity contribution in [3.8, 4) is 0 Å². The van der Waals surface area contributed by atoms with Crippen molar-refractivity contribution < 1.29 is 9.21 Å². The first kappa shape index (κ1) is 12.6. The fourth-order valence-corrected chi connectivity index (χ4v) is 2.39. The number of furan rings is 1. The average molecular weight is 261 g/mol.